The van der Waals surface area contributed by atoms with Gasteiger partial charge in [0.05, 0.1) is 0 Å². The molecule has 0 aliphatic carbocycles. The summed E-state index contributed by atoms with van der Waals surface area (Å²) in [5.74, 6) is 1.90. The van der Waals surface area contributed by atoms with Gasteiger partial charge in [-0.3, -0.25) is 4.90 Å². The van der Waals surface area contributed by atoms with E-state index in [2.05, 4.69) is 41.4 Å². The monoisotopic (exact) mass is 288 g/mol. The van der Waals surface area contributed by atoms with E-state index >= 15 is 0 Å². The molecule has 0 spiro atoms. The van der Waals surface area contributed by atoms with Crippen molar-refractivity contribution in [3.8, 4) is 5.75 Å². The van der Waals surface area contributed by atoms with E-state index in [9.17, 15) is 0 Å². The number of piperidine rings is 1. The molecule has 2 aliphatic rings. The molecule has 3 nitrogen and oxygen atoms in total. The number of likely N-dealkylation sites (tertiary alicyclic amines) is 1. The Morgan fingerprint density at radius 1 is 1.14 bits per heavy atom. The zero-order chi connectivity index (χ0) is 14.5. The van der Waals surface area contributed by atoms with Gasteiger partial charge in [-0.1, -0.05) is 17.7 Å². The molecule has 3 heteroatoms. The second-order valence-electron chi connectivity index (χ2n) is 6.54. The normalized spacial score (nSPS) is 24.3. The van der Waals surface area contributed by atoms with Gasteiger partial charge in [-0.05, 0) is 70.3 Å². The van der Waals surface area contributed by atoms with Crippen LogP contribution in [0.1, 0.15) is 31.2 Å². The van der Waals surface area contributed by atoms with Crippen LogP contribution in [0.2, 0.25) is 0 Å². The highest BCUT2D eigenvalue weighted by atomic mass is 16.5. The van der Waals surface area contributed by atoms with Gasteiger partial charge in [0.2, 0.25) is 0 Å². The van der Waals surface area contributed by atoms with Crippen molar-refractivity contribution in [3.63, 3.8) is 0 Å². The van der Waals surface area contributed by atoms with Gasteiger partial charge in [-0.15, -0.1) is 0 Å². The zero-order valence-electron chi connectivity index (χ0n) is 13.2. The standard InChI is InChI=1S/C18H28N2O/c1-15-4-6-17(7-5-15)21-14-13-20-11-8-16(9-12-20)18-3-2-10-19-18/h4-7,16,18-19H,2-3,8-14H2,1H3. The van der Waals surface area contributed by atoms with Crippen LogP contribution in [0.25, 0.3) is 0 Å². The number of benzene rings is 1. The summed E-state index contributed by atoms with van der Waals surface area (Å²) in [5, 5.41) is 3.67. The zero-order valence-corrected chi connectivity index (χ0v) is 13.2. The number of hydrogen-bond donors (Lipinski definition) is 1. The van der Waals surface area contributed by atoms with Gasteiger partial charge < -0.3 is 10.1 Å². The Morgan fingerprint density at radius 3 is 2.57 bits per heavy atom. The Kier molecular flexibility index (Phi) is 5.15. The first kappa shape index (κ1) is 14.9. The summed E-state index contributed by atoms with van der Waals surface area (Å²) in [6.07, 6.45) is 5.46. The van der Waals surface area contributed by atoms with Crippen molar-refractivity contribution >= 4 is 0 Å². The highest BCUT2D eigenvalue weighted by Crippen LogP contribution is 2.25. The topological polar surface area (TPSA) is 24.5 Å². The Labute approximate surface area is 128 Å². The van der Waals surface area contributed by atoms with E-state index < -0.39 is 0 Å². The van der Waals surface area contributed by atoms with Crippen LogP contribution in [0.15, 0.2) is 24.3 Å². The van der Waals surface area contributed by atoms with Crippen molar-refractivity contribution in [1.82, 2.24) is 10.2 Å². The summed E-state index contributed by atoms with van der Waals surface area (Å²) in [5.41, 5.74) is 1.28. The molecule has 2 fully saturated rings. The lowest BCUT2D eigenvalue weighted by Crippen LogP contribution is -2.42. The number of aryl methyl sites for hydroxylation is 1. The number of hydrogen-bond acceptors (Lipinski definition) is 3. The number of rotatable bonds is 5. The average molecular weight is 288 g/mol. The quantitative estimate of drug-likeness (QED) is 0.901. The van der Waals surface area contributed by atoms with Gasteiger partial charge in [-0.25, -0.2) is 0 Å². The van der Waals surface area contributed by atoms with Gasteiger partial charge in [-0.2, -0.15) is 0 Å². The van der Waals surface area contributed by atoms with Crippen LogP contribution in [0.4, 0.5) is 0 Å². The smallest absolute Gasteiger partial charge is 0.119 e. The van der Waals surface area contributed by atoms with Crippen molar-refractivity contribution in [3.05, 3.63) is 29.8 Å². The van der Waals surface area contributed by atoms with E-state index in [0.717, 1.165) is 30.9 Å². The molecule has 0 saturated carbocycles. The third-order valence-corrected chi connectivity index (χ3v) is 5.00. The maximum absolute atomic E-state index is 5.84. The molecule has 1 aromatic carbocycles. The number of nitrogens with zero attached hydrogens (tertiary/aromatic N) is 1. The van der Waals surface area contributed by atoms with Gasteiger partial charge >= 0.3 is 0 Å². The Morgan fingerprint density at radius 2 is 1.90 bits per heavy atom. The van der Waals surface area contributed by atoms with Crippen LogP contribution in [-0.4, -0.2) is 43.7 Å². The summed E-state index contributed by atoms with van der Waals surface area (Å²) in [6.45, 7) is 7.66. The minimum Gasteiger partial charge on any atom is -0.492 e. The lowest BCUT2D eigenvalue weighted by molar-refractivity contribution is 0.141. The molecule has 3 rings (SSSR count). The van der Waals surface area contributed by atoms with Crippen LogP contribution in [0.3, 0.4) is 0 Å². The van der Waals surface area contributed by atoms with Crippen molar-refractivity contribution in [2.24, 2.45) is 5.92 Å². The highest BCUT2D eigenvalue weighted by molar-refractivity contribution is 5.26. The molecule has 0 amide bonds. The molecule has 0 bridgehead atoms. The first-order valence-corrected chi connectivity index (χ1v) is 8.46. The molecule has 1 N–H and O–H groups in total. The predicted octanol–water partition coefficient (Wildman–Crippen LogP) is 2.84. The predicted molar refractivity (Wildman–Crippen MR) is 86.9 cm³/mol. The Bertz CT molecular complexity index is 417. The molecular formula is C18H28N2O. The maximum Gasteiger partial charge on any atom is 0.119 e. The van der Waals surface area contributed by atoms with Gasteiger partial charge in [0, 0.05) is 12.6 Å². The molecule has 1 atom stereocenters. The lowest BCUT2D eigenvalue weighted by Gasteiger charge is -2.34. The maximum atomic E-state index is 5.84. The van der Waals surface area contributed by atoms with Crippen molar-refractivity contribution in [1.29, 1.82) is 0 Å². The Hall–Kier alpha value is -1.06. The van der Waals surface area contributed by atoms with Crippen molar-refractivity contribution < 1.29 is 4.74 Å². The SMILES string of the molecule is Cc1ccc(OCCN2CCC(C3CCCN3)CC2)cc1. The summed E-state index contributed by atoms with van der Waals surface area (Å²) >= 11 is 0. The summed E-state index contributed by atoms with van der Waals surface area (Å²) in [4.78, 5) is 2.56. The van der Waals surface area contributed by atoms with E-state index in [-0.39, 0.29) is 0 Å². The van der Waals surface area contributed by atoms with Crippen LogP contribution in [0.5, 0.6) is 5.75 Å². The van der Waals surface area contributed by atoms with Crippen LogP contribution in [0, 0.1) is 12.8 Å². The third kappa shape index (κ3) is 4.21. The van der Waals surface area contributed by atoms with Gasteiger partial charge in [0.25, 0.3) is 0 Å². The van der Waals surface area contributed by atoms with Gasteiger partial charge in [0.1, 0.15) is 12.4 Å². The molecule has 0 aromatic heterocycles. The van der Waals surface area contributed by atoms with E-state index in [1.807, 2.05) is 0 Å². The highest BCUT2D eigenvalue weighted by Gasteiger charge is 2.27. The molecule has 21 heavy (non-hydrogen) atoms. The van der Waals surface area contributed by atoms with Crippen LogP contribution in [-0.2, 0) is 0 Å². The molecule has 2 saturated heterocycles. The molecule has 2 heterocycles. The van der Waals surface area contributed by atoms with Crippen molar-refractivity contribution in [2.45, 2.75) is 38.6 Å². The fourth-order valence-electron chi connectivity index (χ4n) is 3.62. The minimum atomic E-state index is 0.801. The van der Waals surface area contributed by atoms with Gasteiger partial charge in [0.15, 0.2) is 0 Å². The largest absolute Gasteiger partial charge is 0.492 e. The Balaban J connectivity index is 1.34. The summed E-state index contributed by atoms with van der Waals surface area (Å²) < 4.78 is 5.84. The summed E-state index contributed by atoms with van der Waals surface area (Å²) in [6, 6.07) is 9.14. The average Bonchev–Trinajstić information content (AvgIpc) is 3.04. The first-order valence-electron chi connectivity index (χ1n) is 8.46. The molecule has 2 aliphatic heterocycles. The van der Waals surface area contributed by atoms with E-state index in [0.29, 0.717) is 0 Å². The number of ether oxygens (including phenoxy) is 1. The molecule has 0 radical (unpaired) electrons. The molecule has 1 unspecified atom stereocenters. The number of nitrogens with one attached hydrogen (secondary N) is 1. The fraction of sp³-hybridized carbons (Fsp3) is 0.667. The third-order valence-electron chi connectivity index (χ3n) is 5.00. The minimum absolute atomic E-state index is 0.801. The van der Waals surface area contributed by atoms with Crippen LogP contribution >= 0.6 is 0 Å². The second kappa shape index (κ2) is 7.28. The van der Waals surface area contributed by atoms with Crippen molar-refractivity contribution in [2.75, 3.05) is 32.8 Å². The summed E-state index contributed by atoms with van der Waals surface area (Å²) in [7, 11) is 0. The first-order chi connectivity index (χ1) is 10.3. The molecule has 1 aromatic rings. The van der Waals surface area contributed by atoms with E-state index in [1.165, 1.54) is 50.9 Å². The van der Waals surface area contributed by atoms with E-state index in [1.54, 1.807) is 0 Å². The van der Waals surface area contributed by atoms with E-state index in [4.69, 9.17) is 4.74 Å². The fourth-order valence-corrected chi connectivity index (χ4v) is 3.62. The molecule has 116 valence electrons. The molecular weight excluding hydrogens is 260 g/mol. The van der Waals surface area contributed by atoms with Crippen LogP contribution < -0.4 is 10.1 Å². The second-order valence-corrected chi connectivity index (χ2v) is 6.54. The lowest BCUT2D eigenvalue weighted by atomic mass is 9.88.